The number of nitriles is 1. The Morgan fingerprint density at radius 1 is 1.21 bits per heavy atom. The molecular weight excluding hydrogens is 394 g/mol. The second-order valence-electron chi connectivity index (χ2n) is 6.32. The van der Waals surface area contributed by atoms with Crippen LogP contribution in [0.1, 0.15) is 11.1 Å². The molecule has 1 aliphatic heterocycles. The zero-order valence-electron chi connectivity index (χ0n) is 15.4. The molecule has 0 saturated carbocycles. The Kier molecular flexibility index (Phi) is 6.08. The van der Waals surface area contributed by atoms with Crippen LogP contribution in [0, 0.1) is 18.3 Å². The van der Waals surface area contributed by atoms with Crippen LogP contribution >= 0.6 is 23.4 Å². The summed E-state index contributed by atoms with van der Waals surface area (Å²) in [5.41, 5.74) is 2.57. The first kappa shape index (κ1) is 20.0. The number of hydrogen-bond acceptors (Lipinski definition) is 4. The number of carbonyl (C=O) groups excluding carboxylic acids is 2. The van der Waals surface area contributed by atoms with Crippen LogP contribution in [0.15, 0.2) is 59.1 Å². The molecular formula is C21H18ClN3O2S. The first-order chi connectivity index (χ1) is 13.4. The van der Waals surface area contributed by atoms with Gasteiger partial charge in [0.1, 0.15) is 16.7 Å². The van der Waals surface area contributed by atoms with Crippen molar-refractivity contribution in [3.8, 4) is 6.07 Å². The van der Waals surface area contributed by atoms with Gasteiger partial charge < -0.3 is 5.32 Å². The number of hydrogen-bond donors (Lipinski definition) is 1. The average molecular weight is 412 g/mol. The molecule has 0 spiro atoms. The summed E-state index contributed by atoms with van der Waals surface area (Å²) >= 11 is 7.18. The fourth-order valence-corrected chi connectivity index (χ4v) is 4.31. The highest BCUT2D eigenvalue weighted by Crippen LogP contribution is 2.42. The van der Waals surface area contributed by atoms with E-state index in [0.717, 1.165) is 11.1 Å². The molecule has 0 aliphatic carbocycles. The number of carbonyl (C=O) groups is 2. The van der Waals surface area contributed by atoms with Gasteiger partial charge >= 0.3 is 0 Å². The lowest BCUT2D eigenvalue weighted by Gasteiger charge is -2.18. The van der Waals surface area contributed by atoms with Gasteiger partial charge in [-0.05, 0) is 43.2 Å². The van der Waals surface area contributed by atoms with Crippen molar-refractivity contribution in [2.24, 2.45) is 0 Å². The van der Waals surface area contributed by atoms with Crippen LogP contribution in [0.4, 0.5) is 5.69 Å². The molecule has 1 aliphatic rings. The van der Waals surface area contributed by atoms with Crippen molar-refractivity contribution in [3.05, 3.63) is 75.3 Å². The summed E-state index contributed by atoms with van der Waals surface area (Å²) in [6.45, 7) is 1.95. The van der Waals surface area contributed by atoms with Crippen LogP contribution in [-0.2, 0) is 16.0 Å². The summed E-state index contributed by atoms with van der Waals surface area (Å²) in [5.74, 6) is -0.669. The summed E-state index contributed by atoms with van der Waals surface area (Å²) < 4.78 is 0. The van der Waals surface area contributed by atoms with Crippen molar-refractivity contribution in [2.75, 3.05) is 11.9 Å². The van der Waals surface area contributed by atoms with Gasteiger partial charge in [-0.25, -0.2) is 0 Å². The van der Waals surface area contributed by atoms with Crippen LogP contribution in [0.25, 0.3) is 0 Å². The Hall–Kier alpha value is -2.75. The molecule has 28 heavy (non-hydrogen) atoms. The topological polar surface area (TPSA) is 73.2 Å². The van der Waals surface area contributed by atoms with E-state index < -0.39 is 11.2 Å². The van der Waals surface area contributed by atoms with Gasteiger partial charge in [-0.3, -0.25) is 14.5 Å². The van der Waals surface area contributed by atoms with Gasteiger partial charge in [0, 0.05) is 17.8 Å². The third-order valence-electron chi connectivity index (χ3n) is 4.36. The fraction of sp³-hybridized carbons (Fsp3) is 0.190. The van der Waals surface area contributed by atoms with Crippen molar-refractivity contribution in [2.45, 2.75) is 18.6 Å². The average Bonchev–Trinajstić information content (AvgIpc) is 3.00. The monoisotopic (exact) mass is 411 g/mol. The molecule has 2 amide bonds. The second-order valence-corrected chi connectivity index (χ2v) is 7.95. The maximum absolute atomic E-state index is 13.2. The number of halogens is 1. The van der Waals surface area contributed by atoms with Gasteiger partial charge in [-0.2, -0.15) is 5.26 Å². The number of likely N-dealkylation sites (N-methyl/N-ethyl adjacent to an activating group) is 1. The summed E-state index contributed by atoms with van der Waals surface area (Å²) in [5, 5.41) is 12.6. The van der Waals surface area contributed by atoms with Gasteiger partial charge in [0.2, 0.25) is 5.91 Å². The Morgan fingerprint density at radius 3 is 2.43 bits per heavy atom. The van der Waals surface area contributed by atoms with E-state index in [1.165, 1.54) is 23.7 Å². The fourth-order valence-electron chi connectivity index (χ4n) is 2.88. The molecule has 1 fully saturated rings. The molecule has 0 aromatic heterocycles. The molecule has 0 bridgehead atoms. The number of aryl methyl sites for hydroxylation is 1. The molecule has 3 rings (SSSR count). The minimum absolute atomic E-state index is 0.0694. The Balaban J connectivity index is 2.03. The summed E-state index contributed by atoms with van der Waals surface area (Å²) in [6, 6.07) is 16.7. The first-order valence-electron chi connectivity index (χ1n) is 8.62. The number of benzene rings is 2. The predicted octanol–water partition coefficient (Wildman–Crippen LogP) is 3.82. The van der Waals surface area contributed by atoms with Crippen LogP contribution in [0.5, 0.6) is 0 Å². The van der Waals surface area contributed by atoms with Crippen molar-refractivity contribution < 1.29 is 9.59 Å². The van der Waals surface area contributed by atoms with Crippen LogP contribution in [-0.4, -0.2) is 24.1 Å². The minimum atomic E-state index is -0.512. The zero-order valence-corrected chi connectivity index (χ0v) is 17.0. The van der Waals surface area contributed by atoms with E-state index in [1.807, 2.05) is 49.4 Å². The Labute approximate surface area is 173 Å². The molecule has 142 valence electrons. The standard InChI is InChI=1S/C21H18ClN3O2S/c1-13-3-9-16(10-4-13)25-20(27)18(11-14-5-7-15(22)8-6-14)28-21(25)17(12-23)19(26)24-2/h3-10,18H,11H2,1-2H3,(H,24,26)/b21-17-/t18-/m0/s1. The maximum Gasteiger partial charge on any atom is 0.264 e. The van der Waals surface area contributed by atoms with E-state index >= 15 is 0 Å². The smallest absolute Gasteiger partial charge is 0.264 e. The normalized spacial score (nSPS) is 18.0. The Morgan fingerprint density at radius 2 is 1.86 bits per heavy atom. The third kappa shape index (κ3) is 4.06. The minimum Gasteiger partial charge on any atom is -0.354 e. The van der Waals surface area contributed by atoms with Crippen molar-refractivity contribution in [1.29, 1.82) is 5.26 Å². The van der Waals surface area contributed by atoms with Gasteiger partial charge in [-0.1, -0.05) is 53.2 Å². The summed E-state index contributed by atoms with van der Waals surface area (Å²) in [6.07, 6.45) is 0.471. The molecule has 7 heteroatoms. The van der Waals surface area contributed by atoms with E-state index in [4.69, 9.17) is 11.6 Å². The van der Waals surface area contributed by atoms with Crippen LogP contribution < -0.4 is 10.2 Å². The first-order valence-corrected chi connectivity index (χ1v) is 9.88. The van der Waals surface area contributed by atoms with Crippen molar-refractivity contribution >= 4 is 40.9 Å². The molecule has 1 saturated heterocycles. The number of thioether (sulfide) groups is 1. The lowest BCUT2D eigenvalue weighted by molar-refractivity contribution is -0.117. The quantitative estimate of drug-likeness (QED) is 0.613. The zero-order chi connectivity index (χ0) is 20.3. The van der Waals surface area contributed by atoms with Crippen LogP contribution in [0.2, 0.25) is 5.02 Å². The third-order valence-corrected chi connectivity index (χ3v) is 5.87. The maximum atomic E-state index is 13.2. The lowest BCUT2D eigenvalue weighted by Crippen LogP contribution is -2.31. The summed E-state index contributed by atoms with van der Waals surface area (Å²) in [7, 11) is 1.46. The highest BCUT2D eigenvalue weighted by Gasteiger charge is 2.40. The van der Waals surface area contributed by atoms with Gasteiger partial charge in [-0.15, -0.1) is 0 Å². The summed E-state index contributed by atoms with van der Waals surface area (Å²) in [4.78, 5) is 26.9. The van der Waals surface area contributed by atoms with E-state index in [-0.39, 0.29) is 11.5 Å². The number of anilines is 1. The highest BCUT2D eigenvalue weighted by molar-refractivity contribution is 8.05. The largest absolute Gasteiger partial charge is 0.354 e. The number of nitrogens with zero attached hydrogens (tertiary/aromatic N) is 2. The highest BCUT2D eigenvalue weighted by atomic mass is 35.5. The van der Waals surface area contributed by atoms with Crippen LogP contribution in [0.3, 0.4) is 0 Å². The molecule has 2 aromatic rings. The molecule has 5 nitrogen and oxygen atoms in total. The molecule has 2 aromatic carbocycles. The molecule has 1 atom stereocenters. The van der Waals surface area contributed by atoms with Gasteiger partial charge in [0.15, 0.2) is 0 Å². The second kappa shape index (κ2) is 8.51. The van der Waals surface area contributed by atoms with Gasteiger partial charge in [0.25, 0.3) is 5.91 Å². The van der Waals surface area contributed by atoms with E-state index in [9.17, 15) is 14.9 Å². The lowest BCUT2D eigenvalue weighted by atomic mass is 10.1. The molecule has 1 N–H and O–H groups in total. The molecule has 0 unspecified atom stereocenters. The molecule has 0 radical (unpaired) electrons. The van der Waals surface area contributed by atoms with Gasteiger partial charge in [0.05, 0.1) is 5.25 Å². The van der Waals surface area contributed by atoms with Crippen molar-refractivity contribution in [1.82, 2.24) is 5.32 Å². The molecule has 1 heterocycles. The predicted molar refractivity (Wildman–Crippen MR) is 112 cm³/mol. The number of rotatable bonds is 4. The SMILES string of the molecule is CNC(=O)/C(C#N)=C1\S[C@@H](Cc2ccc(Cl)cc2)C(=O)N1c1ccc(C)cc1. The van der Waals surface area contributed by atoms with E-state index in [0.29, 0.717) is 22.2 Å². The van der Waals surface area contributed by atoms with Crippen molar-refractivity contribution in [3.63, 3.8) is 0 Å². The number of amides is 2. The van der Waals surface area contributed by atoms with E-state index in [1.54, 1.807) is 12.1 Å². The number of nitrogens with one attached hydrogen (secondary N) is 1. The Bertz CT molecular complexity index is 978. The van der Waals surface area contributed by atoms with E-state index in [2.05, 4.69) is 5.32 Å².